The topological polar surface area (TPSA) is 84.9 Å². The summed E-state index contributed by atoms with van der Waals surface area (Å²) in [6, 6.07) is 6.50. The molecule has 7 nitrogen and oxygen atoms in total. The lowest BCUT2D eigenvalue weighted by atomic mass is 10.1. The molecule has 1 rings (SSSR count). The Morgan fingerprint density at radius 2 is 1.79 bits per heavy atom. The van der Waals surface area contributed by atoms with Crippen molar-refractivity contribution in [2.24, 2.45) is 0 Å². The molecular weight excluding hydrogens is 384 g/mol. The van der Waals surface area contributed by atoms with Crippen LogP contribution in [0.15, 0.2) is 24.3 Å². The fourth-order valence-electron chi connectivity index (χ4n) is 2.37. The zero-order valence-corrected chi connectivity index (χ0v) is 17.8. The third kappa shape index (κ3) is 9.08. The zero-order chi connectivity index (χ0) is 21.3. The van der Waals surface area contributed by atoms with Crippen molar-refractivity contribution in [2.75, 3.05) is 20.7 Å². The van der Waals surface area contributed by atoms with Gasteiger partial charge >= 0.3 is 12.1 Å². The van der Waals surface area contributed by atoms with Gasteiger partial charge in [0.1, 0.15) is 11.6 Å². The number of carbonyl (C=O) groups is 3. The van der Waals surface area contributed by atoms with E-state index in [2.05, 4.69) is 5.32 Å². The molecule has 1 N–H and O–H groups in total. The number of likely N-dealkylation sites (N-methyl/N-ethyl adjacent to an activating group) is 1. The summed E-state index contributed by atoms with van der Waals surface area (Å²) in [4.78, 5) is 37.8. The van der Waals surface area contributed by atoms with Gasteiger partial charge < -0.3 is 19.7 Å². The number of hydrogen-bond acceptors (Lipinski definition) is 5. The number of esters is 1. The minimum atomic E-state index is -0.950. The summed E-state index contributed by atoms with van der Waals surface area (Å²) in [5.74, 6) is -0.753. The number of benzene rings is 1. The Morgan fingerprint density at radius 3 is 2.32 bits per heavy atom. The van der Waals surface area contributed by atoms with E-state index >= 15 is 0 Å². The lowest BCUT2D eigenvalue weighted by Crippen LogP contribution is -2.44. The van der Waals surface area contributed by atoms with Crippen LogP contribution in [0, 0.1) is 0 Å². The summed E-state index contributed by atoms with van der Waals surface area (Å²) in [7, 11) is 2.93. The Hall–Kier alpha value is -2.28. The monoisotopic (exact) mass is 412 g/mol. The van der Waals surface area contributed by atoms with Crippen LogP contribution in [-0.2, 0) is 25.5 Å². The number of alkyl carbamates (subject to hydrolysis) is 1. The highest BCUT2D eigenvalue weighted by molar-refractivity contribution is 6.30. The van der Waals surface area contributed by atoms with E-state index in [0.29, 0.717) is 18.0 Å². The van der Waals surface area contributed by atoms with E-state index in [1.165, 1.54) is 7.11 Å². The normalized spacial score (nSPS) is 12.1. The summed E-state index contributed by atoms with van der Waals surface area (Å²) in [6.45, 7) is 5.69. The number of rotatable bonds is 8. The molecular formula is C20H29ClN2O5. The molecule has 1 aromatic carbocycles. The van der Waals surface area contributed by atoms with Crippen LogP contribution >= 0.6 is 11.6 Å². The highest BCUT2D eigenvalue weighted by Crippen LogP contribution is 2.11. The molecule has 0 saturated heterocycles. The standard InChI is InChI=1S/C20H29ClN2O5/c1-20(2,3)28-19(26)22-16(18(25)27-5)10-11-17(24)23(4)13-12-14-6-8-15(21)9-7-14/h6-9,16H,10-13H2,1-5H3,(H,22,26). The first-order chi connectivity index (χ1) is 13.0. The van der Waals surface area contributed by atoms with Crippen LogP contribution in [0.3, 0.4) is 0 Å². The molecule has 0 bridgehead atoms. The van der Waals surface area contributed by atoms with Gasteiger partial charge in [0.25, 0.3) is 0 Å². The molecule has 0 radical (unpaired) electrons. The molecule has 28 heavy (non-hydrogen) atoms. The highest BCUT2D eigenvalue weighted by atomic mass is 35.5. The maximum atomic E-state index is 12.4. The van der Waals surface area contributed by atoms with Crippen molar-refractivity contribution in [1.82, 2.24) is 10.2 Å². The first-order valence-corrected chi connectivity index (χ1v) is 9.45. The van der Waals surface area contributed by atoms with Crippen molar-refractivity contribution in [3.63, 3.8) is 0 Å². The predicted molar refractivity (Wildman–Crippen MR) is 107 cm³/mol. The van der Waals surface area contributed by atoms with Crippen molar-refractivity contribution in [1.29, 1.82) is 0 Å². The molecule has 0 spiro atoms. The Morgan fingerprint density at radius 1 is 1.18 bits per heavy atom. The number of methoxy groups -OCH3 is 1. The van der Waals surface area contributed by atoms with Gasteiger partial charge in [-0.1, -0.05) is 23.7 Å². The molecule has 0 saturated carbocycles. The number of halogens is 1. The van der Waals surface area contributed by atoms with Crippen LogP contribution in [-0.4, -0.2) is 55.2 Å². The first kappa shape index (κ1) is 23.8. The molecule has 0 aliphatic rings. The molecule has 0 aromatic heterocycles. The number of amides is 2. The van der Waals surface area contributed by atoms with Gasteiger partial charge in [0.15, 0.2) is 0 Å². The van der Waals surface area contributed by atoms with Crippen molar-refractivity contribution in [3.8, 4) is 0 Å². The van der Waals surface area contributed by atoms with Crippen molar-refractivity contribution >= 4 is 29.6 Å². The average Bonchev–Trinajstić information content (AvgIpc) is 2.61. The maximum absolute atomic E-state index is 12.4. The lowest BCUT2D eigenvalue weighted by molar-refractivity contribution is -0.143. The third-order valence-electron chi connectivity index (χ3n) is 3.90. The fourth-order valence-corrected chi connectivity index (χ4v) is 2.50. The van der Waals surface area contributed by atoms with Gasteiger partial charge in [-0.2, -0.15) is 0 Å². The van der Waals surface area contributed by atoms with Gasteiger partial charge in [-0.15, -0.1) is 0 Å². The Kier molecular flexibility index (Phi) is 9.25. The van der Waals surface area contributed by atoms with Gasteiger partial charge in [-0.25, -0.2) is 9.59 Å². The smallest absolute Gasteiger partial charge is 0.408 e. The first-order valence-electron chi connectivity index (χ1n) is 9.07. The van der Waals surface area contributed by atoms with Gasteiger partial charge in [-0.05, 0) is 51.3 Å². The molecule has 156 valence electrons. The second-order valence-electron chi connectivity index (χ2n) is 7.45. The third-order valence-corrected chi connectivity index (χ3v) is 4.15. The Labute approximate surface area is 171 Å². The molecule has 8 heteroatoms. The zero-order valence-electron chi connectivity index (χ0n) is 17.1. The van der Waals surface area contributed by atoms with Crippen LogP contribution in [0.2, 0.25) is 5.02 Å². The minimum Gasteiger partial charge on any atom is -0.467 e. The Bertz CT molecular complexity index is 670. The molecule has 1 atom stereocenters. The van der Waals surface area contributed by atoms with Crippen molar-refractivity contribution in [3.05, 3.63) is 34.9 Å². The highest BCUT2D eigenvalue weighted by Gasteiger charge is 2.26. The molecule has 0 fully saturated rings. The summed E-state index contributed by atoms with van der Waals surface area (Å²) in [5.41, 5.74) is 0.380. The summed E-state index contributed by atoms with van der Waals surface area (Å²) in [5, 5.41) is 3.13. The van der Waals surface area contributed by atoms with E-state index in [1.54, 1.807) is 32.7 Å². The van der Waals surface area contributed by atoms with E-state index in [-0.39, 0.29) is 18.7 Å². The summed E-state index contributed by atoms with van der Waals surface area (Å²) < 4.78 is 9.86. The van der Waals surface area contributed by atoms with E-state index < -0.39 is 23.7 Å². The number of hydrogen-bond donors (Lipinski definition) is 1. The van der Waals surface area contributed by atoms with Crippen molar-refractivity contribution < 1.29 is 23.9 Å². The second-order valence-corrected chi connectivity index (χ2v) is 7.89. The quantitative estimate of drug-likeness (QED) is 0.663. The molecule has 0 heterocycles. The second kappa shape index (κ2) is 10.9. The number of nitrogens with one attached hydrogen (secondary N) is 1. The lowest BCUT2D eigenvalue weighted by Gasteiger charge is -2.23. The van der Waals surface area contributed by atoms with Crippen molar-refractivity contribution in [2.45, 2.75) is 51.7 Å². The van der Waals surface area contributed by atoms with Crippen LogP contribution in [0.4, 0.5) is 4.79 Å². The summed E-state index contributed by atoms with van der Waals surface area (Å²) >= 11 is 5.86. The average molecular weight is 413 g/mol. The number of nitrogens with zero attached hydrogens (tertiary/aromatic N) is 1. The van der Waals surface area contributed by atoms with E-state index in [9.17, 15) is 14.4 Å². The number of carbonyl (C=O) groups excluding carboxylic acids is 3. The summed E-state index contributed by atoms with van der Waals surface area (Å²) in [6.07, 6.45) is 0.171. The number of ether oxygens (including phenoxy) is 2. The molecule has 1 unspecified atom stereocenters. The molecule has 1 aromatic rings. The van der Waals surface area contributed by atoms with Crippen LogP contribution in [0.1, 0.15) is 39.2 Å². The largest absolute Gasteiger partial charge is 0.467 e. The van der Waals surface area contributed by atoms with Gasteiger partial charge in [-0.3, -0.25) is 4.79 Å². The van der Waals surface area contributed by atoms with Gasteiger partial charge in [0.2, 0.25) is 5.91 Å². The van der Waals surface area contributed by atoms with E-state index in [1.807, 2.05) is 24.3 Å². The van der Waals surface area contributed by atoms with Crippen LogP contribution in [0.5, 0.6) is 0 Å². The predicted octanol–water partition coefficient (Wildman–Crippen LogP) is 3.19. The molecule has 0 aliphatic heterocycles. The van der Waals surface area contributed by atoms with Crippen LogP contribution < -0.4 is 5.32 Å². The molecule has 0 aliphatic carbocycles. The molecule has 2 amide bonds. The van der Waals surface area contributed by atoms with E-state index in [4.69, 9.17) is 21.1 Å². The van der Waals surface area contributed by atoms with Gasteiger partial charge in [0.05, 0.1) is 7.11 Å². The Balaban J connectivity index is 2.53. The maximum Gasteiger partial charge on any atom is 0.408 e. The fraction of sp³-hybridized carbons (Fsp3) is 0.550. The van der Waals surface area contributed by atoms with Gasteiger partial charge in [0, 0.05) is 25.0 Å². The van der Waals surface area contributed by atoms with Crippen LogP contribution in [0.25, 0.3) is 0 Å². The minimum absolute atomic E-state index is 0.0900. The SMILES string of the molecule is COC(=O)C(CCC(=O)N(C)CCc1ccc(Cl)cc1)NC(=O)OC(C)(C)C. The van der Waals surface area contributed by atoms with E-state index in [0.717, 1.165) is 5.56 Å².